The number of amides is 2. The predicted molar refractivity (Wildman–Crippen MR) is 126 cm³/mol. The Hall–Kier alpha value is -2.12. The van der Waals surface area contributed by atoms with Crippen molar-refractivity contribution in [2.75, 3.05) is 45.9 Å². The minimum Gasteiger partial charge on any atom is -0.449 e. The van der Waals surface area contributed by atoms with Crippen LogP contribution >= 0.6 is 0 Å². The van der Waals surface area contributed by atoms with E-state index in [9.17, 15) is 9.59 Å². The summed E-state index contributed by atoms with van der Waals surface area (Å²) in [5.41, 5.74) is 1.34. The molecule has 1 atom stereocenters. The molecule has 0 spiro atoms. The summed E-state index contributed by atoms with van der Waals surface area (Å²) < 4.78 is 5.37. The van der Waals surface area contributed by atoms with E-state index in [4.69, 9.17) is 4.74 Å². The smallest absolute Gasteiger partial charge is 0.409 e. The highest BCUT2D eigenvalue weighted by molar-refractivity contribution is 5.81. The van der Waals surface area contributed by atoms with Gasteiger partial charge in [0.2, 0.25) is 5.91 Å². The van der Waals surface area contributed by atoms with Crippen molar-refractivity contribution < 1.29 is 14.3 Å². The van der Waals surface area contributed by atoms with Gasteiger partial charge in [-0.2, -0.15) is 0 Å². The van der Waals surface area contributed by atoms with Crippen LogP contribution in [0.4, 0.5) is 4.79 Å². The lowest BCUT2D eigenvalue weighted by molar-refractivity contribution is -0.126. The third kappa shape index (κ3) is 7.48. The molecular weight excluding hydrogens is 404 g/mol. The van der Waals surface area contributed by atoms with Gasteiger partial charge in [0.05, 0.1) is 12.6 Å². The second kappa shape index (κ2) is 12.2. The Morgan fingerprint density at radius 3 is 2.41 bits per heavy atom. The van der Waals surface area contributed by atoms with Gasteiger partial charge < -0.3 is 15.0 Å². The zero-order valence-corrected chi connectivity index (χ0v) is 20.0. The molecule has 0 bridgehead atoms. The SMILES string of the molecule is CC(C)COC(=O)N1CCCN(C(C)C(=O)NC2CCN(Cc3ccccc3)CC2)CC1. The maximum Gasteiger partial charge on any atom is 0.409 e. The molecule has 0 aromatic heterocycles. The molecule has 2 heterocycles. The summed E-state index contributed by atoms with van der Waals surface area (Å²) in [6, 6.07) is 10.6. The molecule has 1 N–H and O–H groups in total. The number of benzene rings is 1. The average molecular weight is 445 g/mol. The van der Waals surface area contributed by atoms with Gasteiger partial charge in [0.15, 0.2) is 0 Å². The van der Waals surface area contributed by atoms with Crippen LogP contribution in [0.2, 0.25) is 0 Å². The van der Waals surface area contributed by atoms with Gasteiger partial charge in [0.1, 0.15) is 0 Å². The number of likely N-dealkylation sites (tertiary alicyclic amines) is 1. The molecule has 1 aromatic rings. The first-order chi connectivity index (χ1) is 15.4. The number of rotatable bonds is 7. The van der Waals surface area contributed by atoms with E-state index in [2.05, 4.69) is 39.4 Å². The van der Waals surface area contributed by atoms with Crippen molar-refractivity contribution in [3.05, 3.63) is 35.9 Å². The van der Waals surface area contributed by atoms with Crippen LogP contribution in [0.3, 0.4) is 0 Å². The molecule has 3 rings (SSSR count). The van der Waals surface area contributed by atoms with Crippen LogP contribution in [0.1, 0.15) is 45.6 Å². The second-order valence-electron chi connectivity index (χ2n) is 9.57. The van der Waals surface area contributed by atoms with Crippen molar-refractivity contribution in [2.45, 2.75) is 58.7 Å². The van der Waals surface area contributed by atoms with Crippen LogP contribution in [0.25, 0.3) is 0 Å². The Bertz CT molecular complexity index is 719. The van der Waals surface area contributed by atoms with Crippen LogP contribution in [-0.4, -0.2) is 84.7 Å². The lowest BCUT2D eigenvalue weighted by Crippen LogP contribution is -2.51. The molecule has 2 fully saturated rings. The topological polar surface area (TPSA) is 65.1 Å². The van der Waals surface area contributed by atoms with E-state index in [0.717, 1.165) is 45.4 Å². The number of nitrogens with zero attached hydrogens (tertiary/aromatic N) is 3. The summed E-state index contributed by atoms with van der Waals surface area (Å²) in [5.74, 6) is 0.429. The molecule has 2 saturated heterocycles. The van der Waals surface area contributed by atoms with Gasteiger partial charge in [0.25, 0.3) is 0 Å². The molecule has 7 nitrogen and oxygen atoms in total. The van der Waals surface area contributed by atoms with Crippen LogP contribution in [-0.2, 0) is 16.1 Å². The Balaban J connectivity index is 1.39. The second-order valence-corrected chi connectivity index (χ2v) is 9.57. The summed E-state index contributed by atoms with van der Waals surface area (Å²) in [6.07, 6.45) is 2.59. The van der Waals surface area contributed by atoms with Crippen molar-refractivity contribution in [2.24, 2.45) is 5.92 Å². The van der Waals surface area contributed by atoms with Gasteiger partial charge in [-0.15, -0.1) is 0 Å². The molecule has 2 amide bonds. The normalized spacial score (nSPS) is 20.1. The van der Waals surface area contributed by atoms with E-state index < -0.39 is 0 Å². The predicted octanol–water partition coefficient (Wildman–Crippen LogP) is 2.96. The monoisotopic (exact) mass is 444 g/mol. The number of hydrogen-bond donors (Lipinski definition) is 1. The minimum atomic E-state index is -0.236. The summed E-state index contributed by atoms with van der Waals surface area (Å²) in [4.78, 5) is 31.6. The molecule has 0 aliphatic carbocycles. The molecule has 32 heavy (non-hydrogen) atoms. The molecule has 7 heteroatoms. The highest BCUT2D eigenvalue weighted by Crippen LogP contribution is 2.15. The Morgan fingerprint density at radius 2 is 1.72 bits per heavy atom. The van der Waals surface area contributed by atoms with Gasteiger partial charge in [-0.25, -0.2) is 4.79 Å². The minimum absolute atomic E-state index is 0.0994. The maximum absolute atomic E-state index is 12.9. The van der Waals surface area contributed by atoms with Crippen molar-refractivity contribution >= 4 is 12.0 Å². The standard InChI is InChI=1S/C25H40N4O3/c1-20(2)19-32-25(31)29-13-7-12-28(16-17-29)21(3)24(30)26-23-10-14-27(15-11-23)18-22-8-5-4-6-9-22/h4-6,8-9,20-21,23H,7,10-19H2,1-3H3,(H,26,30). The van der Waals surface area contributed by atoms with Crippen LogP contribution in [0.15, 0.2) is 30.3 Å². The van der Waals surface area contributed by atoms with Crippen molar-refractivity contribution in [1.82, 2.24) is 20.0 Å². The Morgan fingerprint density at radius 1 is 1.00 bits per heavy atom. The van der Waals surface area contributed by atoms with Crippen LogP contribution in [0.5, 0.6) is 0 Å². The summed E-state index contributed by atoms with van der Waals surface area (Å²) in [7, 11) is 0. The number of piperidine rings is 1. The number of carbonyl (C=O) groups is 2. The van der Waals surface area contributed by atoms with E-state index in [1.165, 1.54) is 5.56 Å². The third-order valence-electron chi connectivity index (χ3n) is 6.44. The maximum atomic E-state index is 12.9. The van der Waals surface area contributed by atoms with E-state index in [-0.39, 0.29) is 24.1 Å². The summed E-state index contributed by atoms with van der Waals surface area (Å²) in [6.45, 7) is 12.3. The van der Waals surface area contributed by atoms with E-state index >= 15 is 0 Å². The molecular formula is C25H40N4O3. The van der Waals surface area contributed by atoms with Crippen LogP contribution in [0, 0.1) is 5.92 Å². The molecule has 0 radical (unpaired) electrons. The van der Waals surface area contributed by atoms with Gasteiger partial charge in [0, 0.05) is 51.9 Å². The summed E-state index contributed by atoms with van der Waals surface area (Å²) in [5, 5.41) is 3.27. The highest BCUT2D eigenvalue weighted by atomic mass is 16.6. The molecule has 2 aliphatic rings. The number of nitrogens with one attached hydrogen (secondary N) is 1. The quantitative estimate of drug-likeness (QED) is 0.701. The van der Waals surface area contributed by atoms with Crippen molar-refractivity contribution in [1.29, 1.82) is 0 Å². The molecule has 1 unspecified atom stereocenters. The number of ether oxygens (including phenoxy) is 1. The van der Waals surface area contributed by atoms with E-state index in [1.54, 1.807) is 4.90 Å². The zero-order valence-electron chi connectivity index (χ0n) is 20.0. The first-order valence-corrected chi connectivity index (χ1v) is 12.1. The third-order valence-corrected chi connectivity index (χ3v) is 6.44. The lowest BCUT2D eigenvalue weighted by atomic mass is 10.0. The van der Waals surface area contributed by atoms with Crippen molar-refractivity contribution in [3.63, 3.8) is 0 Å². The fourth-order valence-corrected chi connectivity index (χ4v) is 4.40. The average Bonchev–Trinajstić information content (AvgIpc) is 3.05. The molecule has 178 valence electrons. The lowest BCUT2D eigenvalue weighted by Gasteiger charge is -2.34. The first kappa shape index (κ1) is 24.5. The fraction of sp³-hybridized carbons (Fsp3) is 0.680. The van der Waals surface area contributed by atoms with Gasteiger partial charge >= 0.3 is 6.09 Å². The summed E-state index contributed by atoms with van der Waals surface area (Å²) >= 11 is 0. The zero-order chi connectivity index (χ0) is 22.9. The molecule has 1 aromatic carbocycles. The molecule has 0 saturated carbocycles. The van der Waals surface area contributed by atoms with Gasteiger partial charge in [-0.05, 0) is 37.7 Å². The number of carbonyl (C=O) groups excluding carboxylic acids is 2. The van der Waals surface area contributed by atoms with Crippen LogP contribution < -0.4 is 5.32 Å². The highest BCUT2D eigenvalue weighted by Gasteiger charge is 2.28. The van der Waals surface area contributed by atoms with Gasteiger partial charge in [-0.3, -0.25) is 14.6 Å². The Labute approximate surface area is 193 Å². The van der Waals surface area contributed by atoms with Gasteiger partial charge in [-0.1, -0.05) is 44.2 Å². The fourth-order valence-electron chi connectivity index (χ4n) is 4.40. The van der Waals surface area contributed by atoms with Crippen molar-refractivity contribution in [3.8, 4) is 0 Å². The Kier molecular flexibility index (Phi) is 9.36. The van der Waals surface area contributed by atoms with E-state index in [1.807, 2.05) is 26.8 Å². The van der Waals surface area contributed by atoms with E-state index in [0.29, 0.717) is 32.2 Å². The molecule has 2 aliphatic heterocycles. The largest absolute Gasteiger partial charge is 0.449 e. The number of hydrogen-bond acceptors (Lipinski definition) is 5. The first-order valence-electron chi connectivity index (χ1n) is 12.1.